The Balaban J connectivity index is 2.38. The number of hydrogen-bond acceptors (Lipinski definition) is 3. The Bertz CT molecular complexity index is 730. The van der Waals surface area contributed by atoms with E-state index in [1.807, 2.05) is 0 Å². The van der Waals surface area contributed by atoms with E-state index in [0.29, 0.717) is 5.56 Å². The van der Waals surface area contributed by atoms with Gasteiger partial charge in [-0.05, 0) is 42.3 Å². The first-order valence-electron chi connectivity index (χ1n) is 6.00. The lowest BCUT2D eigenvalue weighted by atomic mass is 10.2. The minimum atomic E-state index is -3.83. The normalized spacial score (nSPS) is 11.3. The molecule has 0 spiro atoms. The van der Waals surface area contributed by atoms with Crippen LogP contribution in [0.25, 0.3) is 0 Å². The zero-order chi connectivity index (χ0) is 14.8. The van der Waals surface area contributed by atoms with Crippen LogP contribution in [0, 0.1) is 12.7 Å². The molecule has 0 fully saturated rings. The Morgan fingerprint density at radius 3 is 2.65 bits per heavy atom. The molecule has 0 aliphatic heterocycles. The molecule has 0 aromatic heterocycles. The largest absolute Gasteiger partial charge is 0.326 e. The lowest BCUT2D eigenvalue weighted by Crippen LogP contribution is -2.14. The Morgan fingerprint density at radius 2 is 1.95 bits per heavy atom. The SMILES string of the molecule is Cc1ccc(F)c(NS(=O)(=O)c2cccc(CN)c2)c1. The van der Waals surface area contributed by atoms with Gasteiger partial charge < -0.3 is 5.73 Å². The smallest absolute Gasteiger partial charge is 0.261 e. The molecular weight excluding hydrogens is 279 g/mol. The predicted molar refractivity (Wildman–Crippen MR) is 76.3 cm³/mol. The highest BCUT2D eigenvalue weighted by atomic mass is 32.2. The van der Waals surface area contributed by atoms with Crippen LogP contribution in [0.5, 0.6) is 0 Å². The van der Waals surface area contributed by atoms with Gasteiger partial charge in [-0.15, -0.1) is 0 Å². The first-order valence-corrected chi connectivity index (χ1v) is 7.48. The monoisotopic (exact) mass is 294 g/mol. The third-order valence-corrected chi connectivity index (χ3v) is 4.17. The van der Waals surface area contributed by atoms with Gasteiger partial charge in [-0.2, -0.15) is 0 Å². The van der Waals surface area contributed by atoms with Gasteiger partial charge in [0.25, 0.3) is 10.0 Å². The van der Waals surface area contributed by atoms with Crippen LogP contribution in [0.2, 0.25) is 0 Å². The van der Waals surface area contributed by atoms with E-state index in [1.54, 1.807) is 25.1 Å². The highest BCUT2D eigenvalue weighted by Gasteiger charge is 2.16. The predicted octanol–water partition coefficient (Wildman–Crippen LogP) is 2.39. The van der Waals surface area contributed by atoms with E-state index in [-0.39, 0.29) is 17.1 Å². The van der Waals surface area contributed by atoms with Gasteiger partial charge in [0.2, 0.25) is 0 Å². The van der Waals surface area contributed by atoms with Gasteiger partial charge in [0.05, 0.1) is 10.6 Å². The highest BCUT2D eigenvalue weighted by Crippen LogP contribution is 2.21. The zero-order valence-corrected chi connectivity index (χ0v) is 11.7. The molecule has 0 atom stereocenters. The molecule has 6 heteroatoms. The number of anilines is 1. The van der Waals surface area contributed by atoms with E-state index in [1.165, 1.54) is 24.3 Å². The molecule has 0 aliphatic rings. The number of nitrogens with one attached hydrogen (secondary N) is 1. The third-order valence-electron chi connectivity index (χ3n) is 2.81. The van der Waals surface area contributed by atoms with Gasteiger partial charge in [-0.1, -0.05) is 18.2 Å². The number of rotatable bonds is 4. The molecule has 20 heavy (non-hydrogen) atoms. The molecule has 0 unspecified atom stereocenters. The summed E-state index contributed by atoms with van der Waals surface area (Å²) in [6.07, 6.45) is 0. The number of hydrogen-bond donors (Lipinski definition) is 2. The molecule has 0 amide bonds. The van der Waals surface area contributed by atoms with Crippen LogP contribution in [0.4, 0.5) is 10.1 Å². The van der Waals surface area contributed by atoms with Gasteiger partial charge in [-0.3, -0.25) is 4.72 Å². The lowest BCUT2D eigenvalue weighted by Gasteiger charge is -2.10. The summed E-state index contributed by atoms with van der Waals surface area (Å²) in [6.45, 7) is 1.99. The zero-order valence-electron chi connectivity index (χ0n) is 10.9. The fraction of sp³-hybridized carbons (Fsp3) is 0.143. The van der Waals surface area contributed by atoms with Crippen molar-refractivity contribution in [1.29, 1.82) is 0 Å². The van der Waals surface area contributed by atoms with Crippen molar-refractivity contribution in [3.8, 4) is 0 Å². The molecule has 2 aromatic carbocycles. The van der Waals surface area contributed by atoms with Gasteiger partial charge >= 0.3 is 0 Å². The van der Waals surface area contributed by atoms with Crippen molar-refractivity contribution < 1.29 is 12.8 Å². The molecular formula is C14H15FN2O2S. The van der Waals surface area contributed by atoms with Crippen molar-refractivity contribution in [3.63, 3.8) is 0 Å². The number of halogens is 1. The Labute approximate surface area is 117 Å². The van der Waals surface area contributed by atoms with E-state index in [0.717, 1.165) is 5.56 Å². The van der Waals surface area contributed by atoms with Crippen LogP contribution < -0.4 is 10.5 Å². The molecule has 2 rings (SSSR count). The van der Waals surface area contributed by atoms with Crippen molar-refractivity contribution in [3.05, 3.63) is 59.4 Å². The summed E-state index contributed by atoms with van der Waals surface area (Å²) in [7, 11) is -3.83. The standard InChI is InChI=1S/C14H15FN2O2S/c1-10-5-6-13(15)14(7-10)17-20(18,19)12-4-2-3-11(8-12)9-16/h2-8,17H,9,16H2,1H3. The topological polar surface area (TPSA) is 72.2 Å². The molecule has 0 heterocycles. The first-order chi connectivity index (χ1) is 9.42. The quantitative estimate of drug-likeness (QED) is 0.909. The molecule has 3 N–H and O–H groups in total. The number of benzene rings is 2. The summed E-state index contributed by atoms with van der Waals surface area (Å²) in [5.41, 5.74) is 6.87. The number of sulfonamides is 1. The van der Waals surface area contributed by atoms with Crippen molar-refractivity contribution in [2.45, 2.75) is 18.4 Å². The minimum absolute atomic E-state index is 0.0568. The van der Waals surface area contributed by atoms with Crippen molar-refractivity contribution in [1.82, 2.24) is 0 Å². The summed E-state index contributed by atoms with van der Waals surface area (Å²) in [5.74, 6) is -0.617. The van der Waals surface area contributed by atoms with Gasteiger partial charge in [0.15, 0.2) is 0 Å². The average Bonchev–Trinajstić information content (AvgIpc) is 2.43. The fourth-order valence-corrected chi connectivity index (χ4v) is 2.89. The Hall–Kier alpha value is -1.92. The van der Waals surface area contributed by atoms with Crippen molar-refractivity contribution in [2.75, 3.05) is 4.72 Å². The second-order valence-electron chi connectivity index (χ2n) is 4.44. The van der Waals surface area contributed by atoms with Crippen LogP contribution in [-0.2, 0) is 16.6 Å². The maximum absolute atomic E-state index is 13.6. The summed E-state index contributed by atoms with van der Waals surface area (Å²) in [4.78, 5) is 0.0568. The molecule has 0 saturated carbocycles. The van der Waals surface area contributed by atoms with Crippen LogP contribution in [0.3, 0.4) is 0 Å². The Morgan fingerprint density at radius 1 is 1.20 bits per heavy atom. The van der Waals surface area contributed by atoms with Gasteiger partial charge in [0, 0.05) is 6.54 Å². The van der Waals surface area contributed by atoms with Crippen LogP contribution in [0.1, 0.15) is 11.1 Å². The fourth-order valence-electron chi connectivity index (χ4n) is 1.76. The van der Waals surface area contributed by atoms with Crippen LogP contribution in [0.15, 0.2) is 47.4 Å². The number of nitrogens with two attached hydrogens (primary N) is 1. The van der Waals surface area contributed by atoms with Crippen molar-refractivity contribution >= 4 is 15.7 Å². The summed E-state index contributed by atoms with van der Waals surface area (Å²) in [6, 6.07) is 10.5. The second kappa shape index (κ2) is 5.60. The van der Waals surface area contributed by atoms with Crippen molar-refractivity contribution in [2.24, 2.45) is 5.73 Å². The minimum Gasteiger partial charge on any atom is -0.326 e. The molecule has 2 aromatic rings. The second-order valence-corrected chi connectivity index (χ2v) is 6.12. The number of aryl methyl sites for hydroxylation is 1. The van der Waals surface area contributed by atoms with E-state index >= 15 is 0 Å². The summed E-state index contributed by atoms with van der Waals surface area (Å²) >= 11 is 0. The first kappa shape index (κ1) is 14.5. The molecule has 106 valence electrons. The van der Waals surface area contributed by atoms with E-state index in [9.17, 15) is 12.8 Å². The maximum atomic E-state index is 13.6. The Kier molecular flexibility index (Phi) is 4.06. The molecule has 0 aliphatic carbocycles. The summed E-state index contributed by atoms with van der Waals surface area (Å²) < 4.78 is 40.3. The van der Waals surface area contributed by atoms with Crippen LogP contribution >= 0.6 is 0 Å². The van der Waals surface area contributed by atoms with E-state index in [4.69, 9.17) is 5.73 Å². The lowest BCUT2D eigenvalue weighted by molar-refractivity contribution is 0.598. The van der Waals surface area contributed by atoms with Gasteiger partial charge in [-0.25, -0.2) is 12.8 Å². The maximum Gasteiger partial charge on any atom is 0.261 e. The molecule has 4 nitrogen and oxygen atoms in total. The highest BCUT2D eigenvalue weighted by molar-refractivity contribution is 7.92. The van der Waals surface area contributed by atoms with Gasteiger partial charge in [0.1, 0.15) is 5.82 Å². The van der Waals surface area contributed by atoms with Crippen LogP contribution in [-0.4, -0.2) is 8.42 Å². The molecule has 0 bridgehead atoms. The molecule has 0 radical (unpaired) electrons. The van der Waals surface area contributed by atoms with E-state index < -0.39 is 15.8 Å². The summed E-state index contributed by atoms with van der Waals surface area (Å²) in [5, 5.41) is 0. The van der Waals surface area contributed by atoms with E-state index in [2.05, 4.69) is 4.72 Å². The average molecular weight is 294 g/mol. The molecule has 0 saturated heterocycles. The third kappa shape index (κ3) is 3.15.